The first-order valence-electron chi connectivity index (χ1n) is 5.21. The second-order valence-electron chi connectivity index (χ2n) is 3.51. The van der Waals surface area contributed by atoms with Gasteiger partial charge in [-0.25, -0.2) is 0 Å². The van der Waals surface area contributed by atoms with Gasteiger partial charge in [0, 0.05) is 17.1 Å². The van der Waals surface area contributed by atoms with Crippen LogP contribution in [0.5, 0.6) is 5.75 Å². The smallest absolute Gasteiger partial charge is 0.120 e. The molecule has 0 spiro atoms. The fraction of sp³-hybridized carbons (Fsp3) is 0.231. The van der Waals surface area contributed by atoms with Gasteiger partial charge in [0.15, 0.2) is 0 Å². The van der Waals surface area contributed by atoms with Crippen molar-refractivity contribution in [2.75, 3.05) is 6.61 Å². The normalized spacial score (nSPS) is 10.4. The molecule has 0 atom stereocenters. The number of hydrogen-bond donors (Lipinski definition) is 1. The van der Waals surface area contributed by atoms with Crippen molar-refractivity contribution < 1.29 is 4.74 Å². The summed E-state index contributed by atoms with van der Waals surface area (Å²) in [7, 11) is 0. The van der Waals surface area contributed by atoms with Crippen molar-refractivity contribution in [1.82, 2.24) is 4.98 Å². The molecule has 0 radical (unpaired) electrons. The Hall–Kier alpha value is -1.70. The van der Waals surface area contributed by atoms with Gasteiger partial charge in [0.05, 0.1) is 6.61 Å². The second kappa shape index (κ2) is 4.69. The van der Waals surface area contributed by atoms with Crippen LogP contribution in [0.15, 0.2) is 43.1 Å². The zero-order valence-corrected chi connectivity index (χ0v) is 8.70. The Labute approximate surface area is 89.6 Å². The molecule has 2 nitrogen and oxygen atoms in total. The van der Waals surface area contributed by atoms with E-state index in [0.29, 0.717) is 0 Å². The average Bonchev–Trinajstić information content (AvgIpc) is 2.71. The molecular weight excluding hydrogens is 186 g/mol. The van der Waals surface area contributed by atoms with E-state index >= 15 is 0 Å². The van der Waals surface area contributed by atoms with Crippen molar-refractivity contribution in [3.05, 3.63) is 43.1 Å². The molecule has 1 aromatic heterocycles. The van der Waals surface area contributed by atoms with Crippen LogP contribution in [0.25, 0.3) is 10.9 Å². The molecule has 0 aliphatic carbocycles. The maximum absolute atomic E-state index is 5.62. The van der Waals surface area contributed by atoms with Gasteiger partial charge >= 0.3 is 0 Å². The second-order valence-corrected chi connectivity index (χ2v) is 3.51. The third kappa shape index (κ3) is 2.40. The van der Waals surface area contributed by atoms with Crippen LogP contribution in [0.1, 0.15) is 12.8 Å². The summed E-state index contributed by atoms with van der Waals surface area (Å²) in [4.78, 5) is 3.15. The predicted octanol–water partition coefficient (Wildman–Crippen LogP) is 3.51. The van der Waals surface area contributed by atoms with Crippen LogP contribution >= 0.6 is 0 Å². The summed E-state index contributed by atoms with van der Waals surface area (Å²) in [5.41, 5.74) is 1.15. The Morgan fingerprint density at radius 1 is 1.33 bits per heavy atom. The molecule has 78 valence electrons. The van der Waals surface area contributed by atoms with Crippen LogP contribution in [0.2, 0.25) is 0 Å². The number of rotatable bonds is 5. The van der Waals surface area contributed by atoms with E-state index in [9.17, 15) is 0 Å². The Morgan fingerprint density at radius 2 is 2.27 bits per heavy atom. The average molecular weight is 201 g/mol. The molecular formula is C13H15NO. The highest BCUT2D eigenvalue weighted by Crippen LogP contribution is 2.19. The molecule has 0 amide bonds. The van der Waals surface area contributed by atoms with Crippen LogP contribution in [-0.2, 0) is 0 Å². The lowest BCUT2D eigenvalue weighted by atomic mass is 10.2. The van der Waals surface area contributed by atoms with Gasteiger partial charge in [0.2, 0.25) is 0 Å². The highest BCUT2D eigenvalue weighted by atomic mass is 16.5. The molecule has 0 aliphatic rings. The monoisotopic (exact) mass is 201 g/mol. The molecule has 2 rings (SSSR count). The van der Waals surface area contributed by atoms with E-state index in [1.54, 1.807) is 0 Å². The minimum atomic E-state index is 0.752. The van der Waals surface area contributed by atoms with Crippen LogP contribution < -0.4 is 4.74 Å². The van der Waals surface area contributed by atoms with Crippen molar-refractivity contribution in [3.8, 4) is 5.75 Å². The Kier molecular flexibility index (Phi) is 3.08. The third-order valence-electron chi connectivity index (χ3n) is 2.35. The molecule has 0 aliphatic heterocycles. The Bertz CT molecular complexity index is 444. The predicted molar refractivity (Wildman–Crippen MR) is 63.2 cm³/mol. The van der Waals surface area contributed by atoms with Gasteiger partial charge in [-0.15, -0.1) is 6.58 Å². The first-order valence-corrected chi connectivity index (χ1v) is 5.21. The van der Waals surface area contributed by atoms with E-state index in [4.69, 9.17) is 4.74 Å². The number of hydrogen-bond acceptors (Lipinski definition) is 1. The van der Waals surface area contributed by atoms with E-state index in [2.05, 4.69) is 17.6 Å². The molecule has 15 heavy (non-hydrogen) atoms. The SMILES string of the molecule is C=CCCCOc1ccc2[nH]ccc2c1. The number of aromatic amines is 1. The lowest BCUT2D eigenvalue weighted by molar-refractivity contribution is 0.312. The highest BCUT2D eigenvalue weighted by molar-refractivity contribution is 5.80. The molecule has 2 aromatic rings. The topological polar surface area (TPSA) is 25.0 Å². The fourth-order valence-electron chi connectivity index (χ4n) is 1.54. The summed E-state index contributed by atoms with van der Waals surface area (Å²) in [6.45, 7) is 4.43. The molecule has 1 aromatic carbocycles. The van der Waals surface area contributed by atoms with Crippen LogP contribution in [0.4, 0.5) is 0 Å². The lowest BCUT2D eigenvalue weighted by Gasteiger charge is -2.04. The van der Waals surface area contributed by atoms with Gasteiger partial charge < -0.3 is 9.72 Å². The van der Waals surface area contributed by atoms with Crippen LogP contribution in [-0.4, -0.2) is 11.6 Å². The van der Waals surface area contributed by atoms with Crippen LogP contribution in [0, 0.1) is 0 Å². The summed E-state index contributed by atoms with van der Waals surface area (Å²) in [5, 5.41) is 1.19. The van der Waals surface area contributed by atoms with E-state index in [1.165, 1.54) is 5.39 Å². The van der Waals surface area contributed by atoms with Gasteiger partial charge in [-0.3, -0.25) is 0 Å². The maximum atomic E-state index is 5.62. The van der Waals surface area contributed by atoms with Crippen molar-refractivity contribution in [1.29, 1.82) is 0 Å². The van der Waals surface area contributed by atoms with Gasteiger partial charge in [-0.05, 0) is 37.1 Å². The van der Waals surface area contributed by atoms with E-state index in [0.717, 1.165) is 30.7 Å². The number of benzene rings is 1. The summed E-state index contributed by atoms with van der Waals surface area (Å²) in [6, 6.07) is 8.14. The zero-order valence-electron chi connectivity index (χ0n) is 8.70. The van der Waals surface area contributed by atoms with Crippen molar-refractivity contribution in [2.24, 2.45) is 0 Å². The first kappa shape index (κ1) is 9.84. The standard InChI is InChI=1S/C13H15NO/c1-2-3-4-9-15-12-5-6-13-11(10-12)7-8-14-13/h2,5-8,10,14H,1,3-4,9H2. The van der Waals surface area contributed by atoms with E-state index in [1.807, 2.05) is 30.5 Å². The van der Waals surface area contributed by atoms with Crippen LogP contribution in [0.3, 0.4) is 0 Å². The molecule has 1 heterocycles. The van der Waals surface area contributed by atoms with Gasteiger partial charge in [0.25, 0.3) is 0 Å². The number of ether oxygens (including phenoxy) is 1. The van der Waals surface area contributed by atoms with Crippen molar-refractivity contribution in [3.63, 3.8) is 0 Å². The summed E-state index contributed by atoms with van der Waals surface area (Å²) < 4.78 is 5.62. The lowest BCUT2D eigenvalue weighted by Crippen LogP contribution is -1.95. The minimum Gasteiger partial charge on any atom is -0.494 e. The summed E-state index contributed by atoms with van der Waals surface area (Å²) in [5.74, 6) is 0.936. The molecule has 0 fully saturated rings. The van der Waals surface area contributed by atoms with Crippen molar-refractivity contribution in [2.45, 2.75) is 12.8 Å². The molecule has 0 saturated heterocycles. The Morgan fingerprint density at radius 3 is 3.13 bits per heavy atom. The minimum absolute atomic E-state index is 0.752. The highest BCUT2D eigenvalue weighted by Gasteiger charge is 1.97. The number of aromatic nitrogens is 1. The van der Waals surface area contributed by atoms with E-state index < -0.39 is 0 Å². The maximum Gasteiger partial charge on any atom is 0.120 e. The molecule has 0 bridgehead atoms. The largest absolute Gasteiger partial charge is 0.494 e. The third-order valence-corrected chi connectivity index (χ3v) is 2.35. The van der Waals surface area contributed by atoms with E-state index in [-0.39, 0.29) is 0 Å². The molecule has 1 N–H and O–H groups in total. The number of unbranched alkanes of at least 4 members (excludes halogenated alkanes) is 1. The number of fused-ring (bicyclic) bond motifs is 1. The summed E-state index contributed by atoms with van der Waals surface area (Å²) in [6.07, 6.45) is 5.88. The quantitative estimate of drug-likeness (QED) is 0.581. The molecule has 0 unspecified atom stereocenters. The van der Waals surface area contributed by atoms with Gasteiger partial charge in [-0.1, -0.05) is 6.08 Å². The first-order chi connectivity index (χ1) is 7.40. The number of allylic oxidation sites excluding steroid dienone is 1. The van der Waals surface area contributed by atoms with Crippen molar-refractivity contribution >= 4 is 10.9 Å². The summed E-state index contributed by atoms with van der Waals surface area (Å²) >= 11 is 0. The number of nitrogens with one attached hydrogen (secondary N) is 1. The Balaban J connectivity index is 1.98. The molecule has 0 saturated carbocycles. The zero-order chi connectivity index (χ0) is 10.5. The molecule has 2 heteroatoms. The van der Waals surface area contributed by atoms with Gasteiger partial charge in [-0.2, -0.15) is 0 Å². The fourth-order valence-corrected chi connectivity index (χ4v) is 1.54. The number of H-pyrrole nitrogens is 1. The van der Waals surface area contributed by atoms with Gasteiger partial charge in [0.1, 0.15) is 5.75 Å².